The van der Waals surface area contributed by atoms with E-state index in [0.29, 0.717) is 12.5 Å². The zero-order chi connectivity index (χ0) is 22.7. The molecule has 0 bridgehead atoms. The number of aliphatic hydroxyl groups is 2. The van der Waals surface area contributed by atoms with Crippen LogP contribution in [0.15, 0.2) is 70.3 Å². The monoisotopic (exact) mass is 435 g/mol. The van der Waals surface area contributed by atoms with Gasteiger partial charge in [-0.25, -0.2) is 4.79 Å². The van der Waals surface area contributed by atoms with Gasteiger partial charge in [0.1, 0.15) is 0 Å². The Morgan fingerprint density at radius 2 is 1.50 bits per heavy atom. The number of nitrogens with zero attached hydrogens (tertiary/aromatic N) is 4. The van der Waals surface area contributed by atoms with E-state index in [0.717, 1.165) is 11.1 Å². The summed E-state index contributed by atoms with van der Waals surface area (Å²) >= 11 is 0. The molecule has 2 heterocycles. The van der Waals surface area contributed by atoms with Gasteiger partial charge in [0.05, 0.1) is 25.8 Å². The zero-order valence-electron chi connectivity index (χ0n) is 17.7. The van der Waals surface area contributed by atoms with Gasteiger partial charge in [-0.3, -0.25) is 18.5 Å². The molecule has 1 atom stereocenters. The maximum Gasteiger partial charge on any atom is 0.332 e. The van der Waals surface area contributed by atoms with Crippen molar-refractivity contribution in [2.24, 2.45) is 7.05 Å². The Balaban J connectivity index is 1.89. The van der Waals surface area contributed by atoms with Gasteiger partial charge in [-0.1, -0.05) is 60.7 Å². The molecule has 2 aromatic heterocycles. The smallest absolute Gasteiger partial charge is 0.332 e. The van der Waals surface area contributed by atoms with Crippen LogP contribution in [0.25, 0.3) is 11.2 Å². The van der Waals surface area contributed by atoms with Gasteiger partial charge in [-0.05, 0) is 11.1 Å². The summed E-state index contributed by atoms with van der Waals surface area (Å²) in [5.41, 5.74) is 1.42. The van der Waals surface area contributed by atoms with Crippen molar-refractivity contribution >= 4 is 17.1 Å². The molecule has 0 spiro atoms. The van der Waals surface area contributed by atoms with Crippen LogP contribution in [0.1, 0.15) is 11.1 Å². The Hall–Kier alpha value is -3.69. The molecule has 0 amide bonds. The summed E-state index contributed by atoms with van der Waals surface area (Å²) in [6.07, 6.45) is -0.987. The van der Waals surface area contributed by atoms with E-state index < -0.39 is 24.0 Å². The van der Waals surface area contributed by atoms with Crippen molar-refractivity contribution in [3.8, 4) is 0 Å². The highest BCUT2D eigenvalue weighted by atomic mass is 16.3. The van der Waals surface area contributed by atoms with Crippen molar-refractivity contribution in [3.05, 3.63) is 92.6 Å². The van der Waals surface area contributed by atoms with Gasteiger partial charge in [-0.15, -0.1) is 0 Å². The number of aryl methyl sites for hydroxylation is 1. The van der Waals surface area contributed by atoms with Crippen molar-refractivity contribution in [2.45, 2.75) is 19.2 Å². The number of anilines is 1. The Morgan fingerprint density at radius 3 is 2.06 bits per heavy atom. The number of hydrogen-bond donors (Lipinski definition) is 3. The molecule has 3 N–H and O–H groups in total. The predicted octanol–water partition coefficient (Wildman–Crippen LogP) is 0.758. The fourth-order valence-electron chi connectivity index (χ4n) is 3.61. The quantitative estimate of drug-likeness (QED) is 0.377. The Bertz CT molecular complexity index is 1330. The van der Waals surface area contributed by atoms with E-state index in [1.54, 1.807) is 11.6 Å². The molecule has 0 fully saturated rings. The molecule has 166 valence electrons. The summed E-state index contributed by atoms with van der Waals surface area (Å²) in [4.78, 5) is 31.0. The van der Waals surface area contributed by atoms with E-state index in [9.17, 15) is 14.7 Å². The van der Waals surface area contributed by atoms with Crippen LogP contribution in [-0.4, -0.2) is 48.2 Å². The minimum absolute atomic E-state index is 0.0424. The zero-order valence-corrected chi connectivity index (χ0v) is 17.7. The van der Waals surface area contributed by atoms with Gasteiger partial charge in [0.15, 0.2) is 11.2 Å². The van der Waals surface area contributed by atoms with Gasteiger partial charge < -0.3 is 15.5 Å². The first-order chi connectivity index (χ1) is 15.5. The average Bonchev–Trinajstić information content (AvgIpc) is 3.18. The number of aromatic nitrogens is 4. The first-order valence-corrected chi connectivity index (χ1v) is 10.3. The predicted molar refractivity (Wildman–Crippen MR) is 122 cm³/mol. The second-order valence-corrected chi connectivity index (χ2v) is 7.62. The lowest BCUT2D eigenvalue weighted by Crippen LogP contribution is -2.40. The normalized spacial score (nSPS) is 12.2. The van der Waals surface area contributed by atoms with Gasteiger partial charge in [0.2, 0.25) is 5.95 Å². The van der Waals surface area contributed by atoms with Crippen LogP contribution in [0.4, 0.5) is 5.95 Å². The van der Waals surface area contributed by atoms with E-state index >= 15 is 0 Å². The molecular weight excluding hydrogens is 410 g/mol. The molecule has 32 heavy (non-hydrogen) atoms. The van der Waals surface area contributed by atoms with Gasteiger partial charge >= 0.3 is 5.69 Å². The van der Waals surface area contributed by atoms with Crippen LogP contribution < -0.4 is 16.6 Å². The van der Waals surface area contributed by atoms with Gasteiger partial charge in [-0.2, -0.15) is 4.98 Å². The number of aliphatic hydroxyl groups excluding tert-OH is 2. The number of benzene rings is 2. The SMILES string of the molecule is Cn1c(=O)n(Cc2ccccc2)c(=O)c2c1nc(NC[C@@H](O)CO)n2Cc1ccccc1. The van der Waals surface area contributed by atoms with Crippen LogP contribution in [0.3, 0.4) is 0 Å². The van der Waals surface area contributed by atoms with E-state index in [-0.39, 0.29) is 24.3 Å². The van der Waals surface area contributed by atoms with Crippen LogP contribution in [-0.2, 0) is 20.1 Å². The maximum absolute atomic E-state index is 13.5. The summed E-state index contributed by atoms with van der Waals surface area (Å²) in [5.74, 6) is 0.334. The molecule has 0 aliphatic rings. The second-order valence-electron chi connectivity index (χ2n) is 7.62. The van der Waals surface area contributed by atoms with Crippen LogP contribution in [0.5, 0.6) is 0 Å². The minimum atomic E-state index is -0.987. The van der Waals surface area contributed by atoms with E-state index in [1.165, 1.54) is 9.13 Å². The standard InChI is InChI=1S/C23H25N5O4/c1-26-20-19(21(31)28(23(26)32)14-17-10-6-3-7-11-17)27(13-16-8-4-2-5-9-16)22(25-20)24-12-18(30)15-29/h2-11,18,29-30H,12-15H2,1H3,(H,24,25)/t18-/m1/s1. The third-order valence-corrected chi connectivity index (χ3v) is 5.31. The van der Waals surface area contributed by atoms with Gasteiger partial charge in [0, 0.05) is 13.6 Å². The maximum atomic E-state index is 13.5. The van der Waals surface area contributed by atoms with E-state index in [4.69, 9.17) is 5.11 Å². The summed E-state index contributed by atoms with van der Waals surface area (Å²) in [5, 5.41) is 21.9. The molecule has 0 saturated heterocycles. The van der Waals surface area contributed by atoms with Crippen molar-refractivity contribution in [1.82, 2.24) is 18.7 Å². The summed E-state index contributed by atoms with van der Waals surface area (Å²) < 4.78 is 4.26. The molecule has 0 unspecified atom stereocenters. The fraction of sp³-hybridized carbons (Fsp3) is 0.261. The molecule has 4 aromatic rings. The highest BCUT2D eigenvalue weighted by molar-refractivity contribution is 5.74. The summed E-state index contributed by atoms with van der Waals surface area (Å²) in [7, 11) is 1.58. The highest BCUT2D eigenvalue weighted by Crippen LogP contribution is 2.18. The second kappa shape index (κ2) is 9.21. The van der Waals surface area contributed by atoms with Crippen molar-refractivity contribution in [1.29, 1.82) is 0 Å². The molecular formula is C23H25N5O4. The fourth-order valence-corrected chi connectivity index (χ4v) is 3.61. The number of nitrogens with one attached hydrogen (secondary N) is 1. The molecule has 4 rings (SSSR count). The number of imidazole rings is 1. The molecule has 2 aromatic carbocycles. The lowest BCUT2D eigenvalue weighted by atomic mass is 10.2. The number of rotatable bonds is 8. The van der Waals surface area contributed by atoms with Crippen LogP contribution in [0, 0.1) is 0 Å². The van der Waals surface area contributed by atoms with Crippen LogP contribution >= 0.6 is 0 Å². The molecule has 0 aliphatic carbocycles. The van der Waals surface area contributed by atoms with Crippen molar-refractivity contribution in [2.75, 3.05) is 18.5 Å². The summed E-state index contributed by atoms with van der Waals surface area (Å²) in [6.45, 7) is 0.119. The summed E-state index contributed by atoms with van der Waals surface area (Å²) in [6, 6.07) is 18.9. The largest absolute Gasteiger partial charge is 0.394 e. The minimum Gasteiger partial charge on any atom is -0.394 e. The molecule has 9 heteroatoms. The Labute approximate surface area is 183 Å². The third kappa shape index (κ3) is 4.20. The van der Waals surface area contributed by atoms with E-state index in [1.807, 2.05) is 60.7 Å². The van der Waals surface area contributed by atoms with E-state index in [2.05, 4.69) is 10.3 Å². The third-order valence-electron chi connectivity index (χ3n) is 5.31. The number of hydrogen-bond acceptors (Lipinski definition) is 6. The highest BCUT2D eigenvalue weighted by Gasteiger charge is 2.21. The lowest BCUT2D eigenvalue weighted by Gasteiger charge is -2.13. The molecule has 0 aliphatic heterocycles. The number of fused-ring (bicyclic) bond motifs is 1. The average molecular weight is 435 g/mol. The first kappa shape index (κ1) is 21.5. The molecule has 9 nitrogen and oxygen atoms in total. The lowest BCUT2D eigenvalue weighted by molar-refractivity contribution is 0.105. The van der Waals surface area contributed by atoms with Crippen LogP contribution in [0.2, 0.25) is 0 Å². The first-order valence-electron chi connectivity index (χ1n) is 10.3. The topological polar surface area (TPSA) is 114 Å². The van der Waals surface area contributed by atoms with Crippen molar-refractivity contribution < 1.29 is 10.2 Å². The van der Waals surface area contributed by atoms with Gasteiger partial charge in [0.25, 0.3) is 5.56 Å². The Kier molecular flexibility index (Phi) is 6.20. The van der Waals surface area contributed by atoms with Crippen molar-refractivity contribution in [3.63, 3.8) is 0 Å². The Morgan fingerprint density at radius 1 is 0.938 bits per heavy atom. The molecule has 0 radical (unpaired) electrons. The molecule has 0 saturated carbocycles.